The number of halogens is 1. The van der Waals surface area contributed by atoms with Crippen LogP contribution in [0.25, 0.3) is 11.1 Å². The van der Waals surface area contributed by atoms with Crippen LogP contribution in [0, 0.1) is 5.92 Å². The third-order valence-electron chi connectivity index (χ3n) is 7.60. The highest BCUT2D eigenvalue weighted by Crippen LogP contribution is 2.47. The molecule has 37 heavy (non-hydrogen) atoms. The average molecular weight is 504 g/mol. The van der Waals surface area contributed by atoms with E-state index >= 15 is 0 Å². The van der Waals surface area contributed by atoms with Gasteiger partial charge < -0.3 is 19.7 Å². The van der Waals surface area contributed by atoms with Crippen molar-refractivity contribution in [2.24, 2.45) is 5.92 Å². The van der Waals surface area contributed by atoms with Crippen molar-refractivity contribution >= 4 is 11.1 Å². The van der Waals surface area contributed by atoms with E-state index in [-0.39, 0.29) is 36.2 Å². The Hall–Kier alpha value is -3.51. The van der Waals surface area contributed by atoms with Crippen LogP contribution in [-0.2, 0) is 0 Å². The van der Waals surface area contributed by atoms with Gasteiger partial charge in [0, 0.05) is 17.2 Å². The van der Waals surface area contributed by atoms with Gasteiger partial charge in [-0.1, -0.05) is 24.3 Å². The molecule has 0 aromatic heterocycles. The van der Waals surface area contributed by atoms with Crippen molar-refractivity contribution in [3.63, 3.8) is 0 Å². The van der Waals surface area contributed by atoms with Crippen molar-refractivity contribution in [3.8, 4) is 23.0 Å². The van der Waals surface area contributed by atoms with E-state index < -0.39 is 0 Å². The minimum absolute atomic E-state index is 0.179. The third kappa shape index (κ3) is 5.44. The van der Waals surface area contributed by atoms with Crippen molar-refractivity contribution in [2.75, 3.05) is 26.4 Å². The van der Waals surface area contributed by atoms with Crippen LogP contribution in [-0.4, -0.2) is 47.5 Å². The van der Waals surface area contributed by atoms with Gasteiger partial charge in [-0.25, -0.2) is 0 Å². The fourth-order valence-corrected chi connectivity index (χ4v) is 5.33. The average Bonchev–Trinajstić information content (AvgIpc) is 2.92. The summed E-state index contributed by atoms with van der Waals surface area (Å²) < 4.78 is 25.5. The van der Waals surface area contributed by atoms with Crippen molar-refractivity contribution < 1.29 is 24.1 Å². The predicted octanol–water partition coefficient (Wildman–Crippen LogP) is 6.61. The second kappa shape index (κ2) is 10.9. The number of piperidine rings is 1. The summed E-state index contributed by atoms with van der Waals surface area (Å²) in [7, 11) is 0. The molecule has 6 heteroatoms. The number of likely N-dealkylation sites (tertiary alicyclic amines) is 1. The first kappa shape index (κ1) is 25.2. The lowest BCUT2D eigenvalue weighted by Crippen LogP contribution is -2.43. The highest BCUT2D eigenvalue weighted by atomic mass is 19.1. The van der Waals surface area contributed by atoms with Gasteiger partial charge in [0.2, 0.25) is 0 Å². The van der Waals surface area contributed by atoms with Crippen LogP contribution in [0.1, 0.15) is 49.5 Å². The first-order valence-electron chi connectivity index (χ1n) is 13.0. The number of allylic oxidation sites excluding steroid dienone is 1. The van der Waals surface area contributed by atoms with E-state index in [4.69, 9.17) is 9.47 Å². The van der Waals surface area contributed by atoms with Crippen LogP contribution in [0.3, 0.4) is 0 Å². The van der Waals surface area contributed by atoms with E-state index in [1.165, 1.54) is 0 Å². The Bertz CT molecular complexity index is 1260. The van der Waals surface area contributed by atoms with Gasteiger partial charge in [0.1, 0.15) is 35.7 Å². The molecule has 0 amide bonds. The number of nitrogens with zero attached hydrogens (tertiary/aromatic N) is 1. The van der Waals surface area contributed by atoms with Gasteiger partial charge in [-0.05, 0) is 105 Å². The number of ether oxygens (including phenoxy) is 2. The Morgan fingerprint density at radius 2 is 1.73 bits per heavy atom. The molecule has 2 atom stereocenters. The van der Waals surface area contributed by atoms with E-state index in [0.717, 1.165) is 59.5 Å². The van der Waals surface area contributed by atoms with E-state index in [0.29, 0.717) is 12.4 Å². The molecule has 3 aromatic rings. The molecule has 194 valence electrons. The first-order chi connectivity index (χ1) is 17.9. The molecular weight excluding hydrogens is 469 g/mol. The number of aromatic hydroxyl groups is 2. The Balaban J connectivity index is 1.35. The molecule has 3 aromatic carbocycles. The van der Waals surface area contributed by atoms with Gasteiger partial charge in [-0.15, -0.1) is 0 Å². The van der Waals surface area contributed by atoms with Crippen LogP contribution < -0.4 is 9.47 Å². The second-order valence-electron chi connectivity index (χ2n) is 10.1. The van der Waals surface area contributed by atoms with Gasteiger partial charge >= 0.3 is 0 Å². The largest absolute Gasteiger partial charge is 0.508 e. The van der Waals surface area contributed by atoms with Crippen molar-refractivity contribution in [1.82, 2.24) is 4.90 Å². The monoisotopic (exact) mass is 503 g/mol. The van der Waals surface area contributed by atoms with Gasteiger partial charge in [-0.3, -0.25) is 9.29 Å². The quantitative estimate of drug-likeness (QED) is 0.380. The third-order valence-corrected chi connectivity index (χ3v) is 7.60. The zero-order chi connectivity index (χ0) is 25.9. The summed E-state index contributed by atoms with van der Waals surface area (Å²) in [5, 5.41) is 20.2. The summed E-state index contributed by atoms with van der Waals surface area (Å²) in [6.45, 7) is 6.36. The lowest BCUT2D eigenvalue weighted by Gasteiger charge is -2.35. The van der Waals surface area contributed by atoms with Gasteiger partial charge in [-0.2, -0.15) is 0 Å². The first-order valence-corrected chi connectivity index (χ1v) is 13.0. The highest BCUT2D eigenvalue weighted by Gasteiger charge is 2.30. The maximum Gasteiger partial charge on any atom is 0.150 e. The van der Waals surface area contributed by atoms with Gasteiger partial charge in [0.25, 0.3) is 0 Å². The topological polar surface area (TPSA) is 62.2 Å². The van der Waals surface area contributed by atoms with Crippen LogP contribution >= 0.6 is 0 Å². The summed E-state index contributed by atoms with van der Waals surface area (Å²) in [6, 6.07) is 20.5. The zero-order valence-corrected chi connectivity index (χ0v) is 21.4. The van der Waals surface area contributed by atoms with Crippen LogP contribution in [0.2, 0.25) is 0 Å². The molecular formula is C31H34FNO4. The number of hydrogen-bond donors (Lipinski definition) is 2. The SMILES string of the molecule is CC1=C(c2cccc(O)c2)C(c2ccc(OC[C@H](C)N3CCC(CF)CC3)cc2)Oc2ccc(O)cc21. The standard InChI is InChI=1S/C31H34FNO4/c1-20(33-14-12-22(18-32)13-15-33)19-36-27-9-6-23(7-10-27)31-30(24-4-3-5-25(34)16-24)21(2)28-17-26(35)8-11-29(28)37-31/h3-11,16-17,20,22,31,34-35H,12-15,18-19H2,1-2H3/t20-,31?/m0/s1. The maximum absolute atomic E-state index is 12.9. The summed E-state index contributed by atoms with van der Waals surface area (Å²) in [5.41, 5.74) is 4.58. The lowest BCUT2D eigenvalue weighted by atomic mass is 9.86. The number of alkyl halides is 1. The van der Waals surface area contributed by atoms with Crippen LogP contribution in [0.4, 0.5) is 4.39 Å². The molecule has 0 saturated carbocycles. The minimum atomic E-state index is -0.386. The molecule has 1 saturated heterocycles. The Morgan fingerprint density at radius 1 is 1.00 bits per heavy atom. The number of fused-ring (bicyclic) bond motifs is 1. The second-order valence-corrected chi connectivity index (χ2v) is 10.1. The predicted molar refractivity (Wildman–Crippen MR) is 144 cm³/mol. The van der Waals surface area contributed by atoms with E-state index in [9.17, 15) is 14.6 Å². The van der Waals surface area contributed by atoms with Crippen molar-refractivity contribution in [2.45, 2.75) is 38.8 Å². The number of hydrogen-bond acceptors (Lipinski definition) is 5. The molecule has 1 fully saturated rings. The Morgan fingerprint density at radius 3 is 2.43 bits per heavy atom. The molecule has 2 heterocycles. The van der Waals surface area contributed by atoms with E-state index in [2.05, 4.69) is 11.8 Å². The number of benzene rings is 3. The molecule has 2 aliphatic heterocycles. The fraction of sp³-hybridized carbons (Fsp3) is 0.355. The minimum Gasteiger partial charge on any atom is -0.508 e. The molecule has 2 aliphatic rings. The summed E-state index contributed by atoms with van der Waals surface area (Å²) in [4.78, 5) is 2.38. The number of phenolic OH excluding ortho intramolecular Hbond substituents is 2. The summed E-state index contributed by atoms with van der Waals surface area (Å²) in [6.07, 6.45) is 1.44. The number of phenols is 2. The molecule has 0 radical (unpaired) electrons. The summed E-state index contributed by atoms with van der Waals surface area (Å²) in [5.74, 6) is 2.06. The Labute approximate surface area is 217 Å². The van der Waals surface area contributed by atoms with Crippen LogP contribution in [0.5, 0.6) is 23.0 Å². The lowest BCUT2D eigenvalue weighted by molar-refractivity contribution is 0.0971. The fourth-order valence-electron chi connectivity index (χ4n) is 5.33. The van der Waals surface area contributed by atoms with Crippen molar-refractivity contribution in [3.05, 3.63) is 83.4 Å². The number of rotatable bonds is 7. The molecule has 5 rings (SSSR count). The molecule has 1 unspecified atom stereocenters. The Kier molecular flexibility index (Phi) is 7.38. The highest BCUT2D eigenvalue weighted by molar-refractivity contribution is 5.95. The molecule has 2 N–H and O–H groups in total. The van der Waals surface area contributed by atoms with E-state index in [1.54, 1.807) is 30.3 Å². The van der Waals surface area contributed by atoms with Gasteiger partial charge in [0.05, 0.1) is 6.67 Å². The normalized spacial score (nSPS) is 19.3. The molecule has 5 nitrogen and oxygen atoms in total. The molecule has 0 aliphatic carbocycles. The van der Waals surface area contributed by atoms with Crippen LogP contribution in [0.15, 0.2) is 66.7 Å². The molecule has 0 bridgehead atoms. The maximum atomic E-state index is 12.9. The summed E-state index contributed by atoms with van der Waals surface area (Å²) >= 11 is 0. The van der Waals surface area contributed by atoms with Crippen molar-refractivity contribution in [1.29, 1.82) is 0 Å². The van der Waals surface area contributed by atoms with Gasteiger partial charge in [0.15, 0.2) is 0 Å². The molecule has 0 spiro atoms. The smallest absolute Gasteiger partial charge is 0.150 e. The van der Waals surface area contributed by atoms with E-state index in [1.807, 2.05) is 43.3 Å². The zero-order valence-electron chi connectivity index (χ0n) is 21.4.